The van der Waals surface area contributed by atoms with Crippen LogP contribution in [-0.2, 0) is 4.79 Å². The Hall–Kier alpha value is -1.17. The van der Waals surface area contributed by atoms with Crippen molar-refractivity contribution in [3.05, 3.63) is 29.0 Å². The fourth-order valence-electron chi connectivity index (χ4n) is 2.30. The average molecular weight is 300 g/mol. The van der Waals surface area contributed by atoms with E-state index < -0.39 is 5.82 Å². The van der Waals surface area contributed by atoms with Crippen molar-refractivity contribution in [2.24, 2.45) is 11.7 Å². The summed E-state index contributed by atoms with van der Waals surface area (Å²) in [4.78, 5) is 13.9. The Morgan fingerprint density at radius 1 is 1.60 bits per heavy atom. The average Bonchev–Trinajstić information content (AvgIpc) is 2.37. The summed E-state index contributed by atoms with van der Waals surface area (Å²) in [5, 5.41) is 2.86. The van der Waals surface area contributed by atoms with Gasteiger partial charge in [-0.05, 0) is 37.1 Å². The van der Waals surface area contributed by atoms with E-state index in [1.165, 1.54) is 12.1 Å². The van der Waals surface area contributed by atoms with Crippen molar-refractivity contribution in [2.45, 2.75) is 19.4 Å². The number of hydrogen-bond donors (Lipinski definition) is 2. The number of likely N-dealkylation sites (tertiary alicyclic amines) is 1. The van der Waals surface area contributed by atoms with Crippen LogP contribution in [0.5, 0.6) is 0 Å². The molecular formula is C14H19ClFN3O. The highest BCUT2D eigenvalue weighted by atomic mass is 35.5. The number of benzene rings is 1. The standard InChI is InChI=1S/C14H19ClFN3O/c1-9-4-5-19(7-12(9)17)8-14(20)18-13-3-2-10(15)6-11(13)16/h2-3,6,9,12H,4-5,7-8,17H2,1H3,(H,18,20). The zero-order valence-corrected chi connectivity index (χ0v) is 12.2. The van der Waals surface area contributed by atoms with Gasteiger partial charge in [-0.25, -0.2) is 4.39 Å². The van der Waals surface area contributed by atoms with Gasteiger partial charge in [0.05, 0.1) is 12.2 Å². The Balaban J connectivity index is 1.89. The summed E-state index contributed by atoms with van der Waals surface area (Å²) in [5.74, 6) is -0.300. The van der Waals surface area contributed by atoms with Crippen LogP contribution in [0.2, 0.25) is 5.02 Å². The van der Waals surface area contributed by atoms with Crippen LogP contribution in [-0.4, -0.2) is 36.5 Å². The van der Waals surface area contributed by atoms with Gasteiger partial charge in [0.15, 0.2) is 0 Å². The van der Waals surface area contributed by atoms with E-state index in [0.29, 0.717) is 17.5 Å². The first kappa shape index (κ1) is 15.2. The lowest BCUT2D eigenvalue weighted by Crippen LogP contribution is -2.49. The summed E-state index contributed by atoms with van der Waals surface area (Å²) in [7, 11) is 0. The van der Waals surface area contributed by atoms with Crippen molar-refractivity contribution in [1.29, 1.82) is 0 Å². The first-order chi connectivity index (χ1) is 9.45. The Bertz CT molecular complexity index is 497. The molecule has 0 aromatic heterocycles. The molecule has 1 aromatic rings. The van der Waals surface area contributed by atoms with E-state index in [9.17, 15) is 9.18 Å². The van der Waals surface area contributed by atoms with E-state index in [0.717, 1.165) is 13.0 Å². The highest BCUT2D eigenvalue weighted by molar-refractivity contribution is 6.30. The van der Waals surface area contributed by atoms with Gasteiger partial charge in [-0.15, -0.1) is 0 Å². The summed E-state index contributed by atoms with van der Waals surface area (Å²) < 4.78 is 13.6. The molecule has 0 bridgehead atoms. The van der Waals surface area contributed by atoms with E-state index in [-0.39, 0.29) is 24.2 Å². The molecule has 110 valence electrons. The lowest BCUT2D eigenvalue weighted by molar-refractivity contribution is -0.117. The molecule has 0 saturated carbocycles. The molecule has 1 amide bonds. The molecule has 1 aliphatic heterocycles. The fraction of sp³-hybridized carbons (Fsp3) is 0.500. The summed E-state index contributed by atoms with van der Waals surface area (Å²) >= 11 is 5.66. The number of carbonyl (C=O) groups excluding carboxylic acids is 1. The van der Waals surface area contributed by atoms with Gasteiger partial charge in [0.2, 0.25) is 5.91 Å². The predicted octanol–water partition coefficient (Wildman–Crippen LogP) is 2.09. The van der Waals surface area contributed by atoms with Gasteiger partial charge in [-0.1, -0.05) is 18.5 Å². The van der Waals surface area contributed by atoms with Crippen molar-refractivity contribution in [1.82, 2.24) is 4.90 Å². The minimum atomic E-state index is -0.533. The number of nitrogens with zero attached hydrogens (tertiary/aromatic N) is 1. The molecule has 20 heavy (non-hydrogen) atoms. The number of hydrogen-bond acceptors (Lipinski definition) is 3. The van der Waals surface area contributed by atoms with Gasteiger partial charge in [0, 0.05) is 17.6 Å². The SMILES string of the molecule is CC1CCN(CC(=O)Nc2ccc(Cl)cc2F)CC1N. The third-order valence-electron chi connectivity index (χ3n) is 3.67. The van der Waals surface area contributed by atoms with E-state index in [1.807, 2.05) is 4.90 Å². The maximum Gasteiger partial charge on any atom is 0.238 e. The maximum atomic E-state index is 13.6. The summed E-state index contributed by atoms with van der Waals surface area (Å²) in [5.41, 5.74) is 6.14. The van der Waals surface area contributed by atoms with E-state index in [4.69, 9.17) is 17.3 Å². The van der Waals surface area contributed by atoms with Crippen molar-refractivity contribution in [3.63, 3.8) is 0 Å². The quantitative estimate of drug-likeness (QED) is 0.898. The van der Waals surface area contributed by atoms with Gasteiger partial charge >= 0.3 is 0 Å². The number of carbonyl (C=O) groups is 1. The Labute approximate surface area is 123 Å². The van der Waals surface area contributed by atoms with Crippen molar-refractivity contribution < 1.29 is 9.18 Å². The van der Waals surface area contributed by atoms with E-state index in [2.05, 4.69) is 12.2 Å². The first-order valence-electron chi connectivity index (χ1n) is 6.68. The molecule has 0 radical (unpaired) electrons. The number of rotatable bonds is 3. The van der Waals surface area contributed by atoms with Crippen LogP contribution < -0.4 is 11.1 Å². The fourth-order valence-corrected chi connectivity index (χ4v) is 2.46. The van der Waals surface area contributed by atoms with Gasteiger partial charge in [-0.3, -0.25) is 9.69 Å². The molecule has 0 aliphatic carbocycles. The van der Waals surface area contributed by atoms with Crippen LogP contribution >= 0.6 is 11.6 Å². The summed E-state index contributed by atoms with van der Waals surface area (Å²) in [6, 6.07) is 4.26. The van der Waals surface area contributed by atoms with Gasteiger partial charge in [-0.2, -0.15) is 0 Å². The third kappa shape index (κ3) is 3.91. The normalized spacial score (nSPS) is 23.6. The van der Waals surface area contributed by atoms with Gasteiger partial charge < -0.3 is 11.1 Å². The maximum absolute atomic E-state index is 13.6. The van der Waals surface area contributed by atoms with Gasteiger partial charge in [0.25, 0.3) is 0 Å². The lowest BCUT2D eigenvalue weighted by atomic mass is 9.94. The number of nitrogens with two attached hydrogens (primary N) is 1. The number of piperidine rings is 1. The highest BCUT2D eigenvalue weighted by Crippen LogP contribution is 2.19. The van der Waals surface area contributed by atoms with Crippen molar-refractivity contribution in [3.8, 4) is 0 Å². The monoisotopic (exact) mass is 299 g/mol. The topological polar surface area (TPSA) is 58.4 Å². The van der Waals surface area contributed by atoms with Crippen LogP contribution in [0.3, 0.4) is 0 Å². The Kier molecular flexibility index (Phi) is 4.96. The highest BCUT2D eigenvalue weighted by Gasteiger charge is 2.24. The zero-order chi connectivity index (χ0) is 14.7. The molecule has 2 rings (SSSR count). The van der Waals surface area contributed by atoms with E-state index in [1.54, 1.807) is 6.07 Å². The summed E-state index contributed by atoms with van der Waals surface area (Å²) in [6.45, 7) is 3.87. The van der Waals surface area contributed by atoms with Crippen LogP contribution in [0.25, 0.3) is 0 Å². The molecule has 1 fully saturated rings. The van der Waals surface area contributed by atoms with Crippen molar-refractivity contribution in [2.75, 3.05) is 25.0 Å². The zero-order valence-electron chi connectivity index (χ0n) is 11.4. The smallest absolute Gasteiger partial charge is 0.238 e. The molecule has 1 saturated heterocycles. The Morgan fingerprint density at radius 3 is 3.00 bits per heavy atom. The molecule has 3 N–H and O–H groups in total. The predicted molar refractivity (Wildman–Crippen MR) is 78.2 cm³/mol. The van der Waals surface area contributed by atoms with Crippen LogP contribution in [0.1, 0.15) is 13.3 Å². The molecule has 1 aromatic carbocycles. The second kappa shape index (κ2) is 6.52. The number of anilines is 1. The molecule has 1 heterocycles. The van der Waals surface area contributed by atoms with Crippen molar-refractivity contribution >= 4 is 23.2 Å². The van der Waals surface area contributed by atoms with Crippen LogP contribution in [0.15, 0.2) is 18.2 Å². The lowest BCUT2D eigenvalue weighted by Gasteiger charge is -2.34. The second-order valence-corrected chi connectivity index (χ2v) is 5.77. The third-order valence-corrected chi connectivity index (χ3v) is 3.91. The van der Waals surface area contributed by atoms with Crippen LogP contribution in [0.4, 0.5) is 10.1 Å². The minimum Gasteiger partial charge on any atom is -0.326 e. The van der Waals surface area contributed by atoms with E-state index >= 15 is 0 Å². The molecular weight excluding hydrogens is 281 g/mol. The molecule has 1 aliphatic rings. The van der Waals surface area contributed by atoms with Gasteiger partial charge in [0.1, 0.15) is 5.82 Å². The second-order valence-electron chi connectivity index (χ2n) is 5.34. The molecule has 0 spiro atoms. The minimum absolute atomic E-state index is 0.0869. The number of nitrogens with one attached hydrogen (secondary N) is 1. The Morgan fingerprint density at radius 2 is 2.35 bits per heavy atom. The molecule has 6 heteroatoms. The number of amides is 1. The summed E-state index contributed by atoms with van der Waals surface area (Å²) in [6.07, 6.45) is 0.976. The number of halogens is 2. The molecule has 2 unspecified atom stereocenters. The molecule has 2 atom stereocenters. The largest absolute Gasteiger partial charge is 0.326 e. The molecule has 4 nitrogen and oxygen atoms in total. The van der Waals surface area contributed by atoms with Crippen LogP contribution in [0, 0.1) is 11.7 Å². The first-order valence-corrected chi connectivity index (χ1v) is 7.06.